The molecule has 3 aromatic rings. The molecule has 9 nitrogen and oxygen atoms in total. The summed E-state index contributed by atoms with van der Waals surface area (Å²) < 4.78 is 22.5. The van der Waals surface area contributed by atoms with Gasteiger partial charge in [0.25, 0.3) is 5.91 Å². The maximum absolute atomic E-state index is 13.4. The molecule has 1 fully saturated rings. The second-order valence-electron chi connectivity index (χ2n) is 11.3. The van der Waals surface area contributed by atoms with E-state index in [1.54, 1.807) is 13.0 Å². The third-order valence-electron chi connectivity index (χ3n) is 8.04. The number of rotatable bonds is 16. The Morgan fingerprint density at radius 3 is 2.16 bits per heavy atom. The van der Waals surface area contributed by atoms with Crippen LogP contribution in [0.15, 0.2) is 66.7 Å². The van der Waals surface area contributed by atoms with Gasteiger partial charge in [-0.25, -0.2) is 4.79 Å². The lowest BCUT2D eigenvalue weighted by Crippen LogP contribution is -2.40. The van der Waals surface area contributed by atoms with Crippen molar-refractivity contribution in [3.8, 4) is 17.2 Å². The second-order valence-corrected chi connectivity index (χ2v) is 11.3. The molecular weight excluding hydrogens is 574 g/mol. The number of carboxylic acids is 1. The van der Waals surface area contributed by atoms with Crippen LogP contribution in [0.1, 0.15) is 76.8 Å². The van der Waals surface area contributed by atoms with Gasteiger partial charge in [-0.2, -0.15) is 0 Å². The lowest BCUT2D eigenvalue weighted by Gasteiger charge is -2.28. The average molecular weight is 618 g/mol. The fourth-order valence-corrected chi connectivity index (χ4v) is 5.59. The summed E-state index contributed by atoms with van der Waals surface area (Å²) in [7, 11) is 1.37. The molecule has 2 unspecified atom stereocenters. The number of hydrogen-bond donors (Lipinski definition) is 2. The molecule has 1 amide bonds. The minimum Gasteiger partial charge on any atom is -0.494 e. The van der Waals surface area contributed by atoms with Crippen molar-refractivity contribution in [1.29, 1.82) is 0 Å². The van der Waals surface area contributed by atoms with Gasteiger partial charge in [-0.3, -0.25) is 9.59 Å². The molecule has 4 rings (SSSR count). The third-order valence-corrected chi connectivity index (χ3v) is 8.04. The van der Waals surface area contributed by atoms with Crippen molar-refractivity contribution in [1.82, 2.24) is 5.32 Å². The number of esters is 1. The van der Waals surface area contributed by atoms with E-state index in [0.29, 0.717) is 44.0 Å². The lowest BCUT2D eigenvalue weighted by molar-refractivity contribution is -0.146. The van der Waals surface area contributed by atoms with Gasteiger partial charge in [0.1, 0.15) is 17.2 Å². The molecule has 0 bridgehead atoms. The summed E-state index contributed by atoms with van der Waals surface area (Å²) in [4.78, 5) is 37.3. The van der Waals surface area contributed by atoms with E-state index in [1.807, 2.05) is 54.6 Å². The Labute approximate surface area is 264 Å². The second kappa shape index (κ2) is 17.1. The number of aryl methyl sites for hydroxylation is 1. The predicted octanol–water partition coefficient (Wildman–Crippen LogP) is 6.40. The molecule has 1 aliphatic rings. The Kier molecular flexibility index (Phi) is 12.7. The van der Waals surface area contributed by atoms with Gasteiger partial charge in [0.15, 0.2) is 0 Å². The minimum absolute atomic E-state index is 0.0476. The normalized spacial score (nSPS) is 16.0. The summed E-state index contributed by atoms with van der Waals surface area (Å²) in [6.45, 7) is 3.24. The van der Waals surface area contributed by atoms with Crippen molar-refractivity contribution in [3.63, 3.8) is 0 Å². The number of hydrogen-bond acceptors (Lipinski definition) is 7. The van der Waals surface area contributed by atoms with E-state index in [-0.39, 0.29) is 29.1 Å². The molecule has 0 radical (unpaired) electrons. The van der Waals surface area contributed by atoms with Crippen LogP contribution in [0.25, 0.3) is 0 Å². The standard InChI is InChI=1S/C36H43NO8/c1-25-31(35(39)40)19-20-32(33(25)34(38)37-28-12-8-11-27(24-28)36(41)42-2)45-23-9-10-26-15-17-30(18-16-26)44-22-7-6-21-43-29-13-4-3-5-14-29/h3-5,13-20,27-28H,6-12,21-24H2,1-2H3,(H,37,38)(H,39,40). The highest BCUT2D eigenvalue weighted by Crippen LogP contribution is 2.29. The fourth-order valence-electron chi connectivity index (χ4n) is 5.59. The summed E-state index contributed by atoms with van der Waals surface area (Å²) in [5.41, 5.74) is 1.74. The number of para-hydroxylation sites is 1. The largest absolute Gasteiger partial charge is 0.494 e. The number of unbranched alkanes of at least 4 members (excludes halogenated alkanes) is 1. The van der Waals surface area contributed by atoms with Gasteiger partial charge in [0, 0.05) is 6.04 Å². The van der Waals surface area contributed by atoms with E-state index in [0.717, 1.165) is 55.6 Å². The first kappa shape index (κ1) is 33.4. The quantitative estimate of drug-likeness (QED) is 0.140. The summed E-state index contributed by atoms with van der Waals surface area (Å²) in [5.74, 6) is -0.0104. The SMILES string of the molecule is COC(=O)C1CCCC(NC(=O)c2c(OCCCc3ccc(OCCCCOc4ccccc4)cc3)ccc(C(=O)O)c2C)C1. The Bertz CT molecular complexity index is 1410. The molecule has 0 heterocycles. The summed E-state index contributed by atoms with van der Waals surface area (Å²) in [5, 5.41) is 12.7. The molecule has 240 valence electrons. The van der Waals surface area contributed by atoms with Crippen LogP contribution in [0, 0.1) is 12.8 Å². The van der Waals surface area contributed by atoms with Crippen molar-refractivity contribution < 1.29 is 38.4 Å². The number of methoxy groups -OCH3 is 1. The van der Waals surface area contributed by atoms with Crippen LogP contribution in [0.4, 0.5) is 0 Å². The zero-order valence-electron chi connectivity index (χ0n) is 26.1. The average Bonchev–Trinajstić information content (AvgIpc) is 3.05. The molecule has 2 N–H and O–H groups in total. The van der Waals surface area contributed by atoms with E-state index < -0.39 is 11.9 Å². The van der Waals surface area contributed by atoms with Crippen molar-refractivity contribution in [2.24, 2.45) is 5.92 Å². The first-order chi connectivity index (χ1) is 21.9. The number of ether oxygens (including phenoxy) is 4. The Morgan fingerprint density at radius 2 is 1.49 bits per heavy atom. The van der Waals surface area contributed by atoms with Gasteiger partial charge in [-0.1, -0.05) is 36.8 Å². The van der Waals surface area contributed by atoms with Gasteiger partial charge >= 0.3 is 11.9 Å². The van der Waals surface area contributed by atoms with Crippen molar-refractivity contribution in [3.05, 3.63) is 89.0 Å². The Hall–Kier alpha value is -4.53. The summed E-state index contributed by atoms with van der Waals surface area (Å²) in [6, 6.07) is 20.6. The van der Waals surface area contributed by atoms with Gasteiger partial charge in [-0.05, 0) is 99.4 Å². The fraction of sp³-hybridized carbons (Fsp3) is 0.417. The van der Waals surface area contributed by atoms with Gasteiger partial charge in [0.05, 0.1) is 44.0 Å². The molecule has 9 heteroatoms. The van der Waals surface area contributed by atoms with Crippen LogP contribution >= 0.6 is 0 Å². The van der Waals surface area contributed by atoms with Crippen molar-refractivity contribution >= 4 is 17.8 Å². The topological polar surface area (TPSA) is 120 Å². The van der Waals surface area contributed by atoms with E-state index in [4.69, 9.17) is 18.9 Å². The number of nitrogens with one attached hydrogen (secondary N) is 1. The molecule has 0 aliphatic heterocycles. The Morgan fingerprint density at radius 1 is 0.822 bits per heavy atom. The monoisotopic (exact) mass is 617 g/mol. The number of aromatic carboxylic acids is 1. The highest BCUT2D eigenvalue weighted by atomic mass is 16.5. The highest BCUT2D eigenvalue weighted by molar-refractivity contribution is 6.02. The van der Waals surface area contributed by atoms with Gasteiger partial charge in [0.2, 0.25) is 0 Å². The van der Waals surface area contributed by atoms with Crippen LogP contribution in [0.3, 0.4) is 0 Å². The van der Waals surface area contributed by atoms with Crippen molar-refractivity contribution in [2.45, 2.75) is 64.3 Å². The van der Waals surface area contributed by atoms with Crippen LogP contribution in [-0.2, 0) is 16.0 Å². The number of carbonyl (C=O) groups is 3. The van der Waals surface area contributed by atoms with Gasteiger partial charge < -0.3 is 29.4 Å². The summed E-state index contributed by atoms with van der Waals surface area (Å²) in [6.07, 6.45) is 6.01. The Balaban J connectivity index is 1.24. The van der Waals surface area contributed by atoms with Crippen LogP contribution in [0.5, 0.6) is 17.2 Å². The zero-order valence-corrected chi connectivity index (χ0v) is 26.1. The van der Waals surface area contributed by atoms with E-state index in [1.165, 1.54) is 13.2 Å². The third kappa shape index (κ3) is 9.99. The van der Waals surface area contributed by atoms with Gasteiger partial charge in [-0.15, -0.1) is 0 Å². The van der Waals surface area contributed by atoms with Crippen LogP contribution < -0.4 is 19.5 Å². The molecule has 45 heavy (non-hydrogen) atoms. The molecule has 0 spiro atoms. The minimum atomic E-state index is -1.11. The molecule has 1 saturated carbocycles. The zero-order chi connectivity index (χ0) is 32.0. The van der Waals surface area contributed by atoms with E-state index >= 15 is 0 Å². The maximum atomic E-state index is 13.4. The molecular formula is C36H43NO8. The molecule has 3 aromatic carbocycles. The van der Waals surface area contributed by atoms with E-state index in [9.17, 15) is 19.5 Å². The van der Waals surface area contributed by atoms with E-state index in [2.05, 4.69) is 5.32 Å². The highest BCUT2D eigenvalue weighted by Gasteiger charge is 2.30. The predicted molar refractivity (Wildman–Crippen MR) is 170 cm³/mol. The number of carboxylic acid groups (broad SMARTS) is 1. The molecule has 0 saturated heterocycles. The number of amides is 1. The maximum Gasteiger partial charge on any atom is 0.335 e. The first-order valence-electron chi connectivity index (χ1n) is 15.6. The number of carbonyl (C=O) groups excluding carboxylic acids is 2. The van der Waals surface area contributed by atoms with Crippen LogP contribution in [-0.4, -0.2) is 55.9 Å². The van der Waals surface area contributed by atoms with Crippen molar-refractivity contribution in [2.75, 3.05) is 26.9 Å². The number of benzene rings is 3. The molecule has 2 atom stereocenters. The lowest BCUT2D eigenvalue weighted by atomic mass is 9.85. The summed E-state index contributed by atoms with van der Waals surface area (Å²) >= 11 is 0. The molecule has 0 aromatic heterocycles. The van der Waals surface area contributed by atoms with Crippen LogP contribution in [0.2, 0.25) is 0 Å². The molecule has 1 aliphatic carbocycles. The smallest absolute Gasteiger partial charge is 0.335 e. The first-order valence-corrected chi connectivity index (χ1v) is 15.6.